The minimum Gasteiger partial charge on any atom is -0.314 e. The zero-order chi connectivity index (χ0) is 15.2. The maximum Gasteiger partial charge on any atom is 0.138 e. The van der Waals surface area contributed by atoms with Crippen LogP contribution in [0.5, 0.6) is 0 Å². The lowest BCUT2D eigenvalue weighted by Gasteiger charge is -2.38. The van der Waals surface area contributed by atoms with Crippen LogP contribution in [-0.2, 0) is 13.0 Å². The van der Waals surface area contributed by atoms with Gasteiger partial charge < -0.3 is 5.32 Å². The predicted molar refractivity (Wildman–Crippen MR) is 87.2 cm³/mol. The molecule has 0 aliphatic heterocycles. The summed E-state index contributed by atoms with van der Waals surface area (Å²) in [5.74, 6) is 3.54. The molecule has 21 heavy (non-hydrogen) atoms. The molecule has 0 spiro atoms. The molecule has 1 N–H and O–H groups in total. The zero-order valence-electron chi connectivity index (χ0n) is 14.2. The molecule has 1 aromatic rings. The highest BCUT2D eigenvalue weighted by molar-refractivity contribution is 4.94. The number of hydrogen-bond acceptors (Lipinski definition) is 3. The maximum absolute atomic E-state index is 4.52. The first-order valence-electron chi connectivity index (χ1n) is 8.75. The van der Waals surface area contributed by atoms with Crippen LogP contribution in [0.3, 0.4) is 0 Å². The van der Waals surface area contributed by atoms with E-state index in [9.17, 15) is 0 Å². The Bertz CT molecular complexity index is 413. The van der Waals surface area contributed by atoms with Crippen LogP contribution < -0.4 is 5.32 Å². The van der Waals surface area contributed by atoms with E-state index in [-0.39, 0.29) is 0 Å². The van der Waals surface area contributed by atoms with Gasteiger partial charge in [-0.15, -0.1) is 0 Å². The van der Waals surface area contributed by atoms with Gasteiger partial charge in [0.15, 0.2) is 0 Å². The van der Waals surface area contributed by atoms with Gasteiger partial charge in [-0.25, -0.2) is 4.98 Å². The largest absolute Gasteiger partial charge is 0.314 e. The lowest BCUT2D eigenvalue weighted by Crippen LogP contribution is -2.42. The van der Waals surface area contributed by atoms with Crippen LogP contribution in [0.25, 0.3) is 0 Å². The molecule has 2 rings (SSSR count). The number of aryl methyl sites for hydroxylation is 1. The van der Waals surface area contributed by atoms with E-state index >= 15 is 0 Å². The Morgan fingerprint density at radius 3 is 2.81 bits per heavy atom. The van der Waals surface area contributed by atoms with E-state index in [1.165, 1.54) is 25.1 Å². The minimum atomic E-state index is 0.650. The molecule has 4 nitrogen and oxygen atoms in total. The normalized spacial score (nSPS) is 26.4. The van der Waals surface area contributed by atoms with Gasteiger partial charge in [0.1, 0.15) is 12.2 Å². The van der Waals surface area contributed by atoms with E-state index in [0.717, 1.165) is 37.8 Å². The highest BCUT2D eigenvalue weighted by Gasteiger charge is 2.32. The first-order chi connectivity index (χ1) is 10.2. The van der Waals surface area contributed by atoms with Gasteiger partial charge in [-0.2, -0.15) is 5.10 Å². The van der Waals surface area contributed by atoms with Crippen molar-refractivity contribution in [3.63, 3.8) is 0 Å². The molecule has 0 bridgehead atoms. The molecule has 1 aliphatic rings. The standard InChI is InChI=1S/C17H32N4/c1-5-9-21-17(19-12-20-21)11-15-10-14(13(3)4)7-8-16(15)18-6-2/h12-16,18H,5-11H2,1-4H3. The van der Waals surface area contributed by atoms with Gasteiger partial charge in [0.2, 0.25) is 0 Å². The molecular formula is C17H32N4. The third kappa shape index (κ3) is 4.29. The fraction of sp³-hybridized carbons (Fsp3) is 0.882. The quantitative estimate of drug-likeness (QED) is 0.838. The molecule has 1 fully saturated rings. The van der Waals surface area contributed by atoms with Gasteiger partial charge in [0.25, 0.3) is 0 Å². The number of nitrogens with zero attached hydrogens (tertiary/aromatic N) is 3. The summed E-state index contributed by atoms with van der Waals surface area (Å²) in [6.07, 6.45) is 7.91. The smallest absolute Gasteiger partial charge is 0.138 e. The molecule has 3 unspecified atom stereocenters. The predicted octanol–water partition coefficient (Wildman–Crippen LogP) is 3.28. The van der Waals surface area contributed by atoms with E-state index in [4.69, 9.17) is 0 Å². The van der Waals surface area contributed by atoms with Crippen molar-refractivity contribution in [2.45, 2.75) is 72.4 Å². The lowest BCUT2D eigenvalue weighted by atomic mass is 9.72. The van der Waals surface area contributed by atoms with Crippen LogP contribution >= 0.6 is 0 Å². The summed E-state index contributed by atoms with van der Waals surface area (Å²) >= 11 is 0. The number of nitrogens with one attached hydrogen (secondary N) is 1. The Hall–Kier alpha value is -0.900. The Labute approximate surface area is 129 Å². The first kappa shape index (κ1) is 16.5. The molecule has 0 aromatic carbocycles. The van der Waals surface area contributed by atoms with Crippen molar-refractivity contribution in [3.05, 3.63) is 12.2 Å². The molecule has 0 saturated heterocycles. The first-order valence-corrected chi connectivity index (χ1v) is 8.75. The molecule has 0 radical (unpaired) electrons. The molecule has 1 aromatic heterocycles. The fourth-order valence-electron chi connectivity index (χ4n) is 3.74. The van der Waals surface area contributed by atoms with E-state index in [1.54, 1.807) is 6.33 Å². The van der Waals surface area contributed by atoms with Crippen molar-refractivity contribution in [1.82, 2.24) is 20.1 Å². The monoisotopic (exact) mass is 292 g/mol. The molecule has 120 valence electrons. The van der Waals surface area contributed by atoms with Gasteiger partial charge in [-0.05, 0) is 50.0 Å². The second kappa shape index (κ2) is 7.92. The van der Waals surface area contributed by atoms with Gasteiger partial charge in [-0.3, -0.25) is 4.68 Å². The van der Waals surface area contributed by atoms with E-state index in [1.807, 2.05) is 0 Å². The summed E-state index contributed by atoms with van der Waals surface area (Å²) in [4.78, 5) is 4.52. The van der Waals surface area contributed by atoms with E-state index < -0.39 is 0 Å². The van der Waals surface area contributed by atoms with Gasteiger partial charge in [0.05, 0.1) is 0 Å². The lowest BCUT2D eigenvalue weighted by molar-refractivity contribution is 0.166. The summed E-state index contributed by atoms with van der Waals surface area (Å²) in [5, 5.41) is 8.08. The Morgan fingerprint density at radius 1 is 1.33 bits per heavy atom. The Balaban J connectivity index is 2.06. The van der Waals surface area contributed by atoms with Crippen molar-refractivity contribution < 1.29 is 0 Å². The van der Waals surface area contributed by atoms with Crippen LogP contribution in [0.1, 0.15) is 59.2 Å². The van der Waals surface area contributed by atoms with Crippen molar-refractivity contribution >= 4 is 0 Å². The third-order valence-electron chi connectivity index (χ3n) is 5.01. The Morgan fingerprint density at radius 2 is 2.14 bits per heavy atom. The van der Waals surface area contributed by atoms with Crippen molar-refractivity contribution in [3.8, 4) is 0 Å². The van der Waals surface area contributed by atoms with Gasteiger partial charge in [-0.1, -0.05) is 27.7 Å². The van der Waals surface area contributed by atoms with Crippen molar-refractivity contribution in [2.75, 3.05) is 6.54 Å². The molecular weight excluding hydrogens is 260 g/mol. The average molecular weight is 292 g/mol. The number of rotatable bonds is 7. The summed E-state index contributed by atoms with van der Waals surface area (Å²) in [6.45, 7) is 11.2. The summed E-state index contributed by atoms with van der Waals surface area (Å²) in [5.41, 5.74) is 0. The van der Waals surface area contributed by atoms with Crippen LogP contribution in [0.2, 0.25) is 0 Å². The second-order valence-electron chi connectivity index (χ2n) is 6.84. The van der Waals surface area contributed by atoms with Crippen LogP contribution in [-0.4, -0.2) is 27.4 Å². The minimum absolute atomic E-state index is 0.650. The Kier molecular flexibility index (Phi) is 6.22. The summed E-state index contributed by atoms with van der Waals surface area (Å²) in [6, 6.07) is 0.650. The fourth-order valence-corrected chi connectivity index (χ4v) is 3.74. The van der Waals surface area contributed by atoms with Crippen molar-refractivity contribution in [1.29, 1.82) is 0 Å². The second-order valence-corrected chi connectivity index (χ2v) is 6.84. The summed E-state index contributed by atoms with van der Waals surface area (Å²) in [7, 11) is 0. The van der Waals surface area contributed by atoms with Crippen molar-refractivity contribution in [2.24, 2.45) is 17.8 Å². The number of hydrogen-bond donors (Lipinski definition) is 1. The van der Waals surface area contributed by atoms with Crippen LogP contribution in [0.4, 0.5) is 0 Å². The molecule has 4 heteroatoms. The maximum atomic E-state index is 4.52. The molecule has 3 atom stereocenters. The van der Waals surface area contributed by atoms with Crippen LogP contribution in [0, 0.1) is 17.8 Å². The molecule has 1 heterocycles. The van der Waals surface area contributed by atoms with E-state index in [2.05, 4.69) is 47.8 Å². The van der Waals surface area contributed by atoms with Crippen LogP contribution in [0.15, 0.2) is 6.33 Å². The highest BCUT2D eigenvalue weighted by Crippen LogP contribution is 2.35. The number of aromatic nitrogens is 3. The molecule has 1 saturated carbocycles. The zero-order valence-corrected chi connectivity index (χ0v) is 14.2. The molecule has 0 amide bonds. The topological polar surface area (TPSA) is 42.7 Å². The van der Waals surface area contributed by atoms with Gasteiger partial charge in [0, 0.05) is 19.0 Å². The SMILES string of the molecule is CCCn1ncnc1CC1CC(C(C)C)CCC1NCC. The average Bonchev–Trinajstić information content (AvgIpc) is 2.88. The van der Waals surface area contributed by atoms with Gasteiger partial charge >= 0.3 is 0 Å². The summed E-state index contributed by atoms with van der Waals surface area (Å²) < 4.78 is 2.10. The molecule has 1 aliphatic carbocycles. The third-order valence-corrected chi connectivity index (χ3v) is 5.01. The van der Waals surface area contributed by atoms with E-state index in [0.29, 0.717) is 12.0 Å². The highest BCUT2D eigenvalue weighted by atomic mass is 15.3.